The molecule has 0 unspecified atom stereocenters. The molecular weight excluding hydrogens is 769 g/mol. The van der Waals surface area contributed by atoms with Crippen LogP contribution in [0.4, 0.5) is 0 Å². The van der Waals surface area contributed by atoms with Gasteiger partial charge in [-0.25, -0.2) is 0 Å². The first-order chi connectivity index (χ1) is 30.2. The summed E-state index contributed by atoms with van der Waals surface area (Å²) in [6.07, 6.45) is 50.9. The van der Waals surface area contributed by atoms with Crippen molar-refractivity contribution in [3.63, 3.8) is 0 Å². The van der Waals surface area contributed by atoms with Crippen LogP contribution >= 0.6 is 0 Å². The monoisotopic (exact) mass is 877 g/mol. The number of esters is 3. The van der Waals surface area contributed by atoms with E-state index < -0.39 is 6.10 Å². The largest absolute Gasteiger partial charge is 0.462 e. The Morgan fingerprint density at radius 1 is 0.306 bits per heavy atom. The van der Waals surface area contributed by atoms with E-state index >= 15 is 0 Å². The van der Waals surface area contributed by atoms with E-state index in [4.69, 9.17) is 14.2 Å². The van der Waals surface area contributed by atoms with Crippen LogP contribution < -0.4 is 0 Å². The van der Waals surface area contributed by atoms with E-state index in [0.717, 1.165) is 69.6 Å². The maximum Gasteiger partial charge on any atom is 0.306 e. The van der Waals surface area contributed by atoms with Crippen LogP contribution in [-0.2, 0) is 28.6 Å². The Balaban J connectivity index is 4.26. The predicted molar refractivity (Wildman–Crippen MR) is 266 cm³/mol. The topological polar surface area (TPSA) is 78.9 Å². The Labute approximate surface area is 387 Å². The minimum atomic E-state index is -0.761. The van der Waals surface area contributed by atoms with Crippen LogP contribution in [0.2, 0.25) is 0 Å². The molecule has 0 spiro atoms. The van der Waals surface area contributed by atoms with Crippen LogP contribution in [-0.4, -0.2) is 37.2 Å². The highest BCUT2D eigenvalue weighted by atomic mass is 16.6. The lowest BCUT2D eigenvalue weighted by Crippen LogP contribution is -2.30. The molecule has 368 valence electrons. The molecule has 0 aliphatic carbocycles. The number of ether oxygens (including phenoxy) is 3. The number of hydrogen-bond donors (Lipinski definition) is 0. The van der Waals surface area contributed by atoms with Crippen molar-refractivity contribution in [2.24, 2.45) is 11.8 Å². The van der Waals surface area contributed by atoms with Gasteiger partial charge in [-0.05, 0) is 31.1 Å². The van der Waals surface area contributed by atoms with Gasteiger partial charge < -0.3 is 14.2 Å². The van der Waals surface area contributed by atoms with Crippen molar-refractivity contribution in [2.75, 3.05) is 13.2 Å². The lowest BCUT2D eigenvalue weighted by Gasteiger charge is -2.18. The molecule has 0 aromatic carbocycles. The third kappa shape index (κ3) is 49.4. The summed E-state index contributed by atoms with van der Waals surface area (Å²) >= 11 is 0. The molecule has 0 heterocycles. The van der Waals surface area contributed by atoms with E-state index in [-0.39, 0.29) is 31.1 Å². The molecule has 0 aromatic heterocycles. The Morgan fingerprint density at radius 2 is 0.532 bits per heavy atom. The molecule has 0 aliphatic heterocycles. The maximum atomic E-state index is 12.8. The zero-order valence-electron chi connectivity index (χ0n) is 42.5. The van der Waals surface area contributed by atoms with Crippen LogP contribution in [0.15, 0.2) is 0 Å². The van der Waals surface area contributed by atoms with E-state index in [9.17, 15) is 14.4 Å². The fraction of sp³-hybridized carbons (Fsp3) is 0.946. The molecule has 0 fully saturated rings. The number of carbonyl (C=O) groups excluding carboxylic acids is 3. The van der Waals surface area contributed by atoms with E-state index in [2.05, 4.69) is 34.6 Å². The predicted octanol–water partition coefficient (Wildman–Crippen LogP) is 18.1. The summed E-state index contributed by atoms with van der Waals surface area (Å²) in [6, 6.07) is 0. The first kappa shape index (κ1) is 60.4. The van der Waals surface area contributed by atoms with E-state index in [1.165, 1.54) is 199 Å². The summed E-state index contributed by atoms with van der Waals surface area (Å²) in [6.45, 7) is 11.4. The third-order valence-corrected chi connectivity index (χ3v) is 12.7. The fourth-order valence-corrected chi connectivity index (χ4v) is 8.52. The number of carbonyl (C=O) groups is 3. The standard InChI is InChI=1S/C56H108O6/c1-6-7-8-9-10-11-26-31-36-41-46-54(57)60-49-53(62-56(59)48-43-38-33-28-23-19-15-13-17-21-25-30-35-40-45-52(4)5)50-61-55(58)47-42-37-32-27-22-18-14-12-16-20-24-29-34-39-44-51(2)3/h51-53H,6-50H2,1-5H3/t53-/m0/s1. The molecule has 6 nitrogen and oxygen atoms in total. The first-order valence-electron chi connectivity index (χ1n) is 27.7. The van der Waals surface area contributed by atoms with Gasteiger partial charge in [0.15, 0.2) is 6.10 Å². The van der Waals surface area contributed by atoms with Crippen LogP contribution in [0.5, 0.6) is 0 Å². The van der Waals surface area contributed by atoms with Gasteiger partial charge in [0.1, 0.15) is 13.2 Å². The van der Waals surface area contributed by atoms with Crippen LogP contribution in [0.1, 0.15) is 311 Å². The molecule has 0 amide bonds. The van der Waals surface area contributed by atoms with Crippen LogP contribution in [0.25, 0.3) is 0 Å². The molecule has 1 atom stereocenters. The van der Waals surface area contributed by atoms with Gasteiger partial charge in [-0.2, -0.15) is 0 Å². The average molecular weight is 877 g/mol. The molecule has 0 aromatic rings. The SMILES string of the molecule is CCCCCCCCCCCCC(=O)OC[C@@H](COC(=O)CCCCCCCCCCCCCCCCC(C)C)OC(=O)CCCCCCCCCCCCCCCCC(C)C. The maximum absolute atomic E-state index is 12.8. The van der Waals surface area contributed by atoms with E-state index in [0.29, 0.717) is 19.3 Å². The number of rotatable bonds is 50. The molecule has 0 radical (unpaired) electrons. The van der Waals surface area contributed by atoms with Crippen molar-refractivity contribution in [3.05, 3.63) is 0 Å². The van der Waals surface area contributed by atoms with Crippen molar-refractivity contribution in [2.45, 2.75) is 317 Å². The summed E-state index contributed by atoms with van der Waals surface area (Å²) in [5.74, 6) is 0.845. The molecule has 0 rings (SSSR count). The zero-order valence-corrected chi connectivity index (χ0v) is 42.5. The minimum absolute atomic E-state index is 0.0630. The summed E-state index contributed by atoms with van der Waals surface area (Å²) < 4.78 is 16.8. The molecule has 0 saturated carbocycles. The second-order valence-electron chi connectivity index (χ2n) is 20.2. The normalized spacial score (nSPS) is 12.0. The number of hydrogen-bond acceptors (Lipinski definition) is 6. The fourth-order valence-electron chi connectivity index (χ4n) is 8.52. The van der Waals surface area contributed by atoms with Crippen molar-refractivity contribution >= 4 is 17.9 Å². The minimum Gasteiger partial charge on any atom is -0.462 e. The van der Waals surface area contributed by atoms with E-state index in [1.54, 1.807) is 0 Å². The summed E-state index contributed by atoms with van der Waals surface area (Å²) in [5, 5.41) is 0. The summed E-state index contributed by atoms with van der Waals surface area (Å²) in [7, 11) is 0. The van der Waals surface area contributed by atoms with Gasteiger partial charge >= 0.3 is 17.9 Å². The molecule has 0 bridgehead atoms. The van der Waals surface area contributed by atoms with Gasteiger partial charge in [0, 0.05) is 19.3 Å². The van der Waals surface area contributed by atoms with Crippen molar-refractivity contribution in [1.82, 2.24) is 0 Å². The Bertz CT molecular complexity index is 947. The smallest absolute Gasteiger partial charge is 0.306 e. The second-order valence-corrected chi connectivity index (χ2v) is 20.2. The van der Waals surface area contributed by atoms with Gasteiger partial charge in [0.25, 0.3) is 0 Å². The van der Waals surface area contributed by atoms with Gasteiger partial charge in [-0.15, -0.1) is 0 Å². The Morgan fingerprint density at radius 3 is 0.790 bits per heavy atom. The van der Waals surface area contributed by atoms with Crippen molar-refractivity contribution in [1.29, 1.82) is 0 Å². The van der Waals surface area contributed by atoms with Gasteiger partial charge in [0.2, 0.25) is 0 Å². The van der Waals surface area contributed by atoms with E-state index in [1.807, 2.05) is 0 Å². The average Bonchev–Trinajstić information content (AvgIpc) is 3.24. The zero-order chi connectivity index (χ0) is 45.4. The number of unbranched alkanes of at least 4 members (excludes halogenated alkanes) is 35. The van der Waals surface area contributed by atoms with Gasteiger partial charge in [-0.1, -0.05) is 272 Å². The molecular formula is C56H108O6. The Kier molecular flexibility index (Phi) is 47.6. The van der Waals surface area contributed by atoms with Gasteiger partial charge in [0.05, 0.1) is 0 Å². The quantitative estimate of drug-likeness (QED) is 0.0344. The second kappa shape index (κ2) is 48.9. The summed E-state index contributed by atoms with van der Waals surface area (Å²) in [4.78, 5) is 38.0. The lowest BCUT2D eigenvalue weighted by molar-refractivity contribution is -0.167. The first-order valence-corrected chi connectivity index (χ1v) is 27.7. The van der Waals surface area contributed by atoms with Crippen LogP contribution in [0.3, 0.4) is 0 Å². The van der Waals surface area contributed by atoms with Crippen molar-refractivity contribution < 1.29 is 28.6 Å². The van der Waals surface area contributed by atoms with Crippen LogP contribution in [0, 0.1) is 11.8 Å². The molecule has 0 saturated heterocycles. The Hall–Kier alpha value is -1.59. The highest BCUT2D eigenvalue weighted by molar-refractivity contribution is 5.71. The molecule has 6 heteroatoms. The summed E-state index contributed by atoms with van der Waals surface area (Å²) in [5.41, 5.74) is 0. The third-order valence-electron chi connectivity index (χ3n) is 12.7. The highest BCUT2D eigenvalue weighted by Gasteiger charge is 2.19. The molecule has 0 N–H and O–H groups in total. The molecule has 62 heavy (non-hydrogen) atoms. The van der Waals surface area contributed by atoms with Gasteiger partial charge in [-0.3, -0.25) is 14.4 Å². The van der Waals surface area contributed by atoms with Crippen molar-refractivity contribution in [3.8, 4) is 0 Å². The molecule has 0 aliphatic rings. The lowest BCUT2D eigenvalue weighted by atomic mass is 10.0. The highest BCUT2D eigenvalue weighted by Crippen LogP contribution is 2.18.